The fourth-order valence-electron chi connectivity index (χ4n) is 12.4. The van der Waals surface area contributed by atoms with Gasteiger partial charge in [0.25, 0.3) is 0 Å². The summed E-state index contributed by atoms with van der Waals surface area (Å²) in [5.74, 6) is 1.69. The Balaban J connectivity index is 0.914. The molecule has 6 nitrogen and oxygen atoms in total. The van der Waals surface area contributed by atoms with Crippen LogP contribution in [0.25, 0.3) is 122 Å². The van der Waals surface area contributed by atoms with Gasteiger partial charge in [-0.3, -0.25) is 4.57 Å². The van der Waals surface area contributed by atoms with Crippen molar-refractivity contribution in [3.05, 3.63) is 247 Å². The van der Waals surface area contributed by atoms with Gasteiger partial charge in [0, 0.05) is 54.7 Å². The highest BCUT2D eigenvalue weighted by Gasteiger charge is 2.52. The fourth-order valence-corrected chi connectivity index (χ4v) is 12.4. The molecule has 4 aromatic heterocycles. The predicted octanol–water partition coefficient (Wildman–Crippen LogP) is 15.6. The van der Waals surface area contributed by atoms with Crippen LogP contribution >= 0.6 is 0 Å². The van der Waals surface area contributed by atoms with Crippen molar-refractivity contribution in [2.45, 2.75) is 5.41 Å². The summed E-state index contributed by atoms with van der Waals surface area (Å²) in [6.45, 7) is 0. The Labute approximate surface area is 401 Å². The van der Waals surface area contributed by atoms with E-state index < -0.39 is 5.41 Å². The number of nitrogens with zero attached hydrogens (tertiary/aromatic N) is 5. The minimum atomic E-state index is -0.447. The molecule has 0 saturated carbocycles. The van der Waals surface area contributed by atoms with E-state index in [9.17, 15) is 0 Å². The molecular formula is C64H37N5O. The number of rotatable bonds is 4. The first kappa shape index (κ1) is 37.7. The smallest absolute Gasteiger partial charge is 0.238 e. The van der Waals surface area contributed by atoms with Gasteiger partial charge in [0.2, 0.25) is 5.95 Å². The lowest BCUT2D eigenvalue weighted by atomic mass is 9.70. The molecule has 1 spiro atoms. The monoisotopic (exact) mass is 891 g/mol. The first-order chi connectivity index (χ1) is 34.7. The highest BCUT2D eigenvalue weighted by atomic mass is 16.3. The number of para-hydroxylation sites is 4. The maximum absolute atomic E-state index is 6.38. The second-order valence-corrected chi connectivity index (χ2v) is 18.6. The summed E-state index contributed by atoms with van der Waals surface area (Å²) >= 11 is 0. The quantitative estimate of drug-likeness (QED) is 0.177. The van der Waals surface area contributed by atoms with Gasteiger partial charge >= 0.3 is 0 Å². The molecule has 14 aromatic rings. The maximum Gasteiger partial charge on any atom is 0.238 e. The number of furan rings is 1. The van der Waals surface area contributed by atoms with Crippen molar-refractivity contribution >= 4 is 65.6 Å². The van der Waals surface area contributed by atoms with E-state index in [0.717, 1.165) is 66.1 Å². The molecule has 0 amide bonds. The van der Waals surface area contributed by atoms with Crippen molar-refractivity contribution in [1.82, 2.24) is 24.1 Å². The highest BCUT2D eigenvalue weighted by molar-refractivity contribution is 6.17. The van der Waals surface area contributed by atoms with E-state index in [1.807, 2.05) is 18.2 Å². The Bertz CT molecular complexity index is 4450. The molecule has 0 fully saturated rings. The zero-order valence-corrected chi connectivity index (χ0v) is 37.5. The lowest BCUT2D eigenvalue weighted by molar-refractivity contribution is 0.669. The third-order valence-corrected chi connectivity index (χ3v) is 15.2. The van der Waals surface area contributed by atoms with E-state index in [1.54, 1.807) is 0 Å². The molecule has 4 heterocycles. The van der Waals surface area contributed by atoms with Gasteiger partial charge in [-0.05, 0) is 99.6 Å². The van der Waals surface area contributed by atoms with Gasteiger partial charge in [-0.15, -0.1) is 0 Å². The summed E-state index contributed by atoms with van der Waals surface area (Å²) < 4.78 is 11.0. The first-order valence-corrected chi connectivity index (χ1v) is 23.9. The molecular weight excluding hydrogens is 855 g/mol. The molecule has 16 rings (SSSR count). The van der Waals surface area contributed by atoms with Crippen LogP contribution in [0.15, 0.2) is 229 Å². The second kappa shape index (κ2) is 13.8. The molecule has 0 unspecified atom stereocenters. The van der Waals surface area contributed by atoms with Gasteiger partial charge in [0.05, 0.1) is 27.5 Å². The van der Waals surface area contributed by atoms with Crippen LogP contribution in [0.5, 0.6) is 0 Å². The van der Waals surface area contributed by atoms with Crippen LogP contribution in [-0.2, 0) is 5.41 Å². The van der Waals surface area contributed by atoms with E-state index in [4.69, 9.17) is 19.4 Å². The summed E-state index contributed by atoms with van der Waals surface area (Å²) in [5, 5.41) is 6.86. The Hall–Kier alpha value is -9.39. The van der Waals surface area contributed by atoms with Crippen molar-refractivity contribution in [3.63, 3.8) is 0 Å². The van der Waals surface area contributed by atoms with E-state index in [0.29, 0.717) is 17.6 Å². The van der Waals surface area contributed by atoms with Crippen molar-refractivity contribution in [2.24, 2.45) is 0 Å². The van der Waals surface area contributed by atoms with E-state index in [1.165, 1.54) is 60.8 Å². The molecule has 6 heteroatoms. The summed E-state index contributed by atoms with van der Waals surface area (Å²) in [5.41, 5.74) is 18.9. The predicted molar refractivity (Wildman–Crippen MR) is 283 cm³/mol. The first-order valence-electron chi connectivity index (χ1n) is 23.9. The highest BCUT2D eigenvalue weighted by Crippen LogP contribution is 2.64. The Kier molecular flexibility index (Phi) is 7.45. The molecule has 0 atom stereocenters. The van der Waals surface area contributed by atoms with Crippen molar-refractivity contribution in [1.29, 1.82) is 0 Å². The van der Waals surface area contributed by atoms with Crippen LogP contribution < -0.4 is 0 Å². The Morgan fingerprint density at radius 1 is 0.343 bits per heavy atom. The lowest BCUT2D eigenvalue weighted by Gasteiger charge is -2.30. The summed E-state index contributed by atoms with van der Waals surface area (Å²) in [6, 6.07) is 80.8. The number of hydrogen-bond acceptors (Lipinski definition) is 4. The van der Waals surface area contributed by atoms with Crippen LogP contribution in [0, 0.1) is 0 Å². The van der Waals surface area contributed by atoms with Gasteiger partial charge in [0.15, 0.2) is 11.6 Å². The Morgan fingerprint density at radius 2 is 0.829 bits per heavy atom. The van der Waals surface area contributed by atoms with Crippen molar-refractivity contribution in [2.75, 3.05) is 0 Å². The van der Waals surface area contributed by atoms with E-state index in [-0.39, 0.29) is 0 Å². The summed E-state index contributed by atoms with van der Waals surface area (Å²) in [6.07, 6.45) is 0. The van der Waals surface area contributed by atoms with Crippen LogP contribution in [0.3, 0.4) is 0 Å². The van der Waals surface area contributed by atoms with Gasteiger partial charge in [-0.1, -0.05) is 164 Å². The number of hydrogen-bond donors (Lipinski definition) is 0. The zero-order chi connectivity index (χ0) is 45.7. The molecule has 2 aliphatic carbocycles. The fraction of sp³-hybridized carbons (Fsp3) is 0.0156. The molecule has 0 bridgehead atoms. The molecule has 0 N–H and O–H groups in total. The molecule has 324 valence electrons. The number of benzene rings is 10. The number of fused-ring (bicyclic) bond motifs is 20. The molecule has 0 radical (unpaired) electrons. The minimum Gasteiger partial charge on any atom is -0.456 e. The molecule has 10 aromatic carbocycles. The van der Waals surface area contributed by atoms with E-state index >= 15 is 0 Å². The SMILES string of the molecule is c1ccc2c(c1)-c1ccccc1C21c2ccccc2-c2c1ccc1c3ccccc3n(-c3ccc(-c4nc(-c5ccc6c(c5)oc5ccccc56)nc(-n5c6ccccc6c6ccccc65)n4)cc3)c21. The van der Waals surface area contributed by atoms with Crippen LogP contribution in [0.2, 0.25) is 0 Å². The van der Waals surface area contributed by atoms with E-state index in [2.05, 4.69) is 215 Å². The lowest BCUT2D eigenvalue weighted by Crippen LogP contribution is -2.25. The van der Waals surface area contributed by atoms with Gasteiger partial charge < -0.3 is 8.98 Å². The average Bonchev–Trinajstić information content (AvgIpc) is 4.22. The number of aromatic nitrogens is 5. The molecule has 2 aliphatic rings. The maximum atomic E-state index is 6.38. The third-order valence-electron chi connectivity index (χ3n) is 15.2. The molecule has 70 heavy (non-hydrogen) atoms. The zero-order valence-electron chi connectivity index (χ0n) is 37.5. The van der Waals surface area contributed by atoms with Gasteiger partial charge in [-0.2, -0.15) is 9.97 Å². The minimum absolute atomic E-state index is 0.447. The topological polar surface area (TPSA) is 61.7 Å². The van der Waals surface area contributed by atoms with Gasteiger partial charge in [0.1, 0.15) is 11.2 Å². The normalized spacial score (nSPS) is 13.3. The molecule has 0 saturated heterocycles. The Morgan fingerprint density at radius 3 is 1.50 bits per heavy atom. The van der Waals surface area contributed by atoms with Crippen molar-refractivity contribution in [3.8, 4) is 56.7 Å². The van der Waals surface area contributed by atoms with Crippen LogP contribution in [-0.4, -0.2) is 24.1 Å². The standard InChI is InChI=1S/C64H37N5O/c1-8-22-50-41(15-1)42-16-2-9-23-51(42)64(50)52-24-10-3-21-49(52)59-53(64)36-35-48-45-19-6-11-25-54(45)68(60(48)59)40-32-29-38(30-33-40)61-65-62(39-31-34-47-46-20-7-14-28-57(46)70-58(47)37-39)67-63(66-61)69-55-26-12-4-17-43(55)44-18-5-13-27-56(44)69/h1-37H. The van der Waals surface area contributed by atoms with Gasteiger partial charge in [-0.25, -0.2) is 4.98 Å². The largest absolute Gasteiger partial charge is 0.456 e. The van der Waals surface area contributed by atoms with Crippen LogP contribution in [0.4, 0.5) is 0 Å². The molecule has 0 aliphatic heterocycles. The van der Waals surface area contributed by atoms with Crippen molar-refractivity contribution < 1.29 is 4.42 Å². The summed E-state index contributed by atoms with van der Waals surface area (Å²) in [4.78, 5) is 15.8. The third kappa shape index (κ3) is 4.88. The summed E-state index contributed by atoms with van der Waals surface area (Å²) in [7, 11) is 0. The van der Waals surface area contributed by atoms with Crippen LogP contribution in [0.1, 0.15) is 22.3 Å². The average molecular weight is 892 g/mol. The second-order valence-electron chi connectivity index (χ2n) is 18.6.